The van der Waals surface area contributed by atoms with E-state index in [1.54, 1.807) is 6.26 Å². The summed E-state index contributed by atoms with van der Waals surface area (Å²) in [6, 6.07) is 0. The molecule has 1 N–H and O–H groups in total. The summed E-state index contributed by atoms with van der Waals surface area (Å²) in [6.45, 7) is 5.82. The van der Waals surface area contributed by atoms with Gasteiger partial charge in [0.25, 0.3) is 0 Å². The Morgan fingerprint density at radius 3 is 2.35 bits per heavy atom. The van der Waals surface area contributed by atoms with Crippen molar-refractivity contribution in [2.24, 2.45) is 10.6 Å². The first-order valence-electron chi connectivity index (χ1n) is 5.06. The molecule has 0 heterocycles. The Hall–Kier alpha value is -0.400. The van der Waals surface area contributed by atoms with Crippen molar-refractivity contribution in [2.75, 3.05) is 19.6 Å². The summed E-state index contributed by atoms with van der Waals surface area (Å²) in [5.41, 5.74) is 0.294. The highest BCUT2D eigenvalue weighted by Crippen LogP contribution is 2.27. The smallest absolute Gasteiger partial charge is 0.433 e. The van der Waals surface area contributed by atoms with E-state index in [2.05, 4.69) is 10.5 Å². The molecular weight excluding hydrogens is 260 g/mol. The van der Waals surface area contributed by atoms with Gasteiger partial charge in [-0.25, -0.2) is 4.79 Å². The van der Waals surface area contributed by atoms with Crippen molar-refractivity contribution >= 4 is 34.7 Å². The number of nitrogens with one attached hydrogen (secondary N) is 1. The molecule has 2 atom stereocenters. The molecule has 0 aromatic heterocycles. The fourth-order valence-corrected chi connectivity index (χ4v) is 3.49. The quantitative estimate of drug-likeness (QED) is 0.369. The molecule has 0 aliphatic carbocycles. The summed E-state index contributed by atoms with van der Waals surface area (Å²) < 4.78 is 11.4. The Bertz CT molecular complexity index is 288. The molecule has 7 heteroatoms. The van der Waals surface area contributed by atoms with Crippen molar-refractivity contribution in [3.63, 3.8) is 0 Å². The minimum atomic E-state index is -1.08. The number of rotatable bonds is 4. The van der Waals surface area contributed by atoms with E-state index in [0.29, 0.717) is 5.71 Å². The number of amides is 1. The maximum absolute atomic E-state index is 11.6. The van der Waals surface area contributed by atoms with Crippen LogP contribution in [0.25, 0.3) is 0 Å². The number of oxime groups is 1. The summed E-state index contributed by atoms with van der Waals surface area (Å²) in [6.07, 6.45) is 2.84. The van der Waals surface area contributed by atoms with Crippen LogP contribution < -0.4 is 5.32 Å². The van der Waals surface area contributed by atoms with Crippen LogP contribution in [0, 0.1) is 5.41 Å². The van der Waals surface area contributed by atoms with Crippen LogP contribution in [0.4, 0.5) is 4.79 Å². The van der Waals surface area contributed by atoms with Gasteiger partial charge in [0.15, 0.2) is 0 Å². The van der Waals surface area contributed by atoms with Crippen LogP contribution in [0.1, 0.15) is 20.8 Å². The number of thioether (sulfide) groups is 1. The molecule has 0 fully saturated rings. The van der Waals surface area contributed by atoms with Crippen LogP contribution in [0.15, 0.2) is 5.16 Å². The van der Waals surface area contributed by atoms with E-state index in [1.807, 2.05) is 27.0 Å². The zero-order chi connectivity index (χ0) is 13.6. The number of carbonyl (C=O) groups is 1. The lowest BCUT2D eigenvalue weighted by atomic mass is 9.91. The van der Waals surface area contributed by atoms with Crippen LogP contribution in [0.2, 0.25) is 0 Å². The van der Waals surface area contributed by atoms with Crippen LogP contribution in [-0.2, 0) is 16.0 Å². The average Bonchev–Trinajstić information content (AvgIpc) is 2.21. The molecule has 0 saturated heterocycles. The second-order valence-electron chi connectivity index (χ2n) is 4.42. The lowest BCUT2D eigenvalue weighted by molar-refractivity contribution is 0.151. The third kappa shape index (κ3) is 5.65. The minimum Gasteiger partial charge on any atom is -0.615 e. The molecule has 2 unspecified atom stereocenters. The van der Waals surface area contributed by atoms with E-state index < -0.39 is 17.3 Å². The second-order valence-corrected chi connectivity index (χ2v) is 7.13. The molecule has 0 radical (unpaired) electrons. The van der Waals surface area contributed by atoms with Crippen molar-refractivity contribution in [3.05, 3.63) is 0 Å². The SMILES string of the molecule is CNC(=O)ON=C(C(SC)[S+](C)[O-])C(C)(C)C. The van der Waals surface area contributed by atoms with Crippen molar-refractivity contribution in [1.29, 1.82) is 0 Å². The molecule has 0 aliphatic heterocycles. The molecule has 0 aromatic carbocycles. The van der Waals surface area contributed by atoms with Gasteiger partial charge in [0.2, 0.25) is 4.58 Å². The molecule has 0 aromatic rings. The summed E-state index contributed by atoms with van der Waals surface area (Å²) in [5.74, 6) is 0. The van der Waals surface area contributed by atoms with Gasteiger partial charge in [0.05, 0.1) is 6.26 Å². The molecule has 5 nitrogen and oxygen atoms in total. The molecule has 0 saturated carbocycles. The van der Waals surface area contributed by atoms with Crippen molar-refractivity contribution in [3.8, 4) is 0 Å². The first-order chi connectivity index (χ1) is 7.73. The molecule has 0 spiro atoms. The van der Waals surface area contributed by atoms with Gasteiger partial charge in [0, 0.05) is 12.5 Å². The molecule has 17 heavy (non-hydrogen) atoms. The fraction of sp³-hybridized carbons (Fsp3) is 0.800. The van der Waals surface area contributed by atoms with E-state index in [0.717, 1.165) is 0 Å². The lowest BCUT2D eigenvalue weighted by Crippen LogP contribution is -2.36. The number of hydrogen-bond donors (Lipinski definition) is 1. The molecule has 0 aliphatic rings. The normalized spacial score (nSPS) is 16.3. The minimum absolute atomic E-state index is 0.278. The number of nitrogens with zero attached hydrogens (tertiary/aromatic N) is 1. The third-order valence-corrected chi connectivity index (χ3v) is 4.81. The summed E-state index contributed by atoms with van der Waals surface area (Å²) in [7, 11) is 1.46. The summed E-state index contributed by atoms with van der Waals surface area (Å²) in [5, 5.41) is 6.16. The first-order valence-corrected chi connectivity index (χ1v) is 7.97. The number of carbonyl (C=O) groups excluding carboxylic acids is 1. The Morgan fingerprint density at radius 1 is 1.53 bits per heavy atom. The highest BCUT2D eigenvalue weighted by atomic mass is 32.3. The van der Waals surface area contributed by atoms with Gasteiger partial charge in [0.1, 0.15) is 5.71 Å². The predicted molar refractivity (Wildman–Crippen MR) is 73.8 cm³/mol. The molecular formula is C10H20N2O3S2. The van der Waals surface area contributed by atoms with Crippen LogP contribution in [0.3, 0.4) is 0 Å². The van der Waals surface area contributed by atoms with E-state index in [1.165, 1.54) is 18.8 Å². The number of hydrogen-bond acceptors (Lipinski definition) is 5. The Balaban J connectivity index is 5.06. The van der Waals surface area contributed by atoms with Crippen molar-refractivity contribution in [1.82, 2.24) is 5.32 Å². The van der Waals surface area contributed by atoms with Gasteiger partial charge in [-0.2, -0.15) is 0 Å². The highest BCUT2D eigenvalue weighted by molar-refractivity contribution is 8.13. The van der Waals surface area contributed by atoms with Gasteiger partial charge in [-0.05, 0) is 17.4 Å². The monoisotopic (exact) mass is 280 g/mol. The average molecular weight is 280 g/mol. The summed E-state index contributed by atoms with van der Waals surface area (Å²) >= 11 is 0.353. The van der Waals surface area contributed by atoms with Gasteiger partial charge in [-0.1, -0.05) is 25.9 Å². The van der Waals surface area contributed by atoms with Crippen molar-refractivity contribution < 1.29 is 14.2 Å². The third-order valence-electron chi connectivity index (χ3n) is 1.94. The van der Waals surface area contributed by atoms with Crippen molar-refractivity contribution in [2.45, 2.75) is 25.4 Å². The van der Waals surface area contributed by atoms with E-state index in [4.69, 9.17) is 4.84 Å². The van der Waals surface area contributed by atoms with Gasteiger partial charge < -0.3 is 9.87 Å². The first kappa shape index (κ1) is 16.6. The topological polar surface area (TPSA) is 73.8 Å². The van der Waals surface area contributed by atoms with Crippen LogP contribution in [0.5, 0.6) is 0 Å². The second kappa shape index (κ2) is 7.13. The van der Waals surface area contributed by atoms with E-state index >= 15 is 0 Å². The van der Waals surface area contributed by atoms with Gasteiger partial charge in [-0.15, -0.1) is 11.8 Å². The van der Waals surface area contributed by atoms with Crippen LogP contribution in [-0.4, -0.2) is 40.5 Å². The highest BCUT2D eigenvalue weighted by Gasteiger charge is 2.34. The lowest BCUT2D eigenvalue weighted by Gasteiger charge is -2.26. The van der Waals surface area contributed by atoms with E-state index in [-0.39, 0.29) is 10.00 Å². The fourth-order valence-electron chi connectivity index (χ4n) is 1.07. The van der Waals surface area contributed by atoms with Crippen LogP contribution >= 0.6 is 11.8 Å². The largest absolute Gasteiger partial charge is 0.615 e. The van der Waals surface area contributed by atoms with Gasteiger partial charge in [-0.3, -0.25) is 4.84 Å². The van der Waals surface area contributed by atoms with Gasteiger partial charge >= 0.3 is 6.09 Å². The standard InChI is InChI=1S/C10H20N2O3S2/c1-10(2,3)7(8(16-5)17(6)14)12-15-9(13)11-4/h8H,1-6H3,(H,11,13). The Morgan fingerprint density at radius 2 is 2.06 bits per heavy atom. The molecule has 0 bridgehead atoms. The van der Waals surface area contributed by atoms with E-state index in [9.17, 15) is 9.35 Å². The zero-order valence-corrected chi connectivity index (χ0v) is 12.7. The zero-order valence-electron chi connectivity index (χ0n) is 11.1. The maximum atomic E-state index is 11.6. The Labute approximate surface area is 110 Å². The molecule has 100 valence electrons. The maximum Gasteiger partial charge on any atom is 0.433 e. The summed E-state index contributed by atoms with van der Waals surface area (Å²) in [4.78, 5) is 15.7. The predicted octanol–water partition coefficient (Wildman–Crippen LogP) is 1.81. The molecule has 0 rings (SSSR count). The Kier molecular flexibility index (Phi) is 6.96. The molecule has 1 amide bonds.